The molecule has 0 amide bonds. The molecule has 3 rings (SSSR count). The van der Waals surface area contributed by atoms with Crippen molar-refractivity contribution in [2.75, 3.05) is 39.8 Å². The SMILES string of the molecule is CC[NH+](Cc1ccc(N(C)C)cc1)Cc1nc2cc(OC)c(OC)cc2c(=O)[nH]1. The number of H-pyrrole nitrogens is 1. The van der Waals surface area contributed by atoms with Crippen molar-refractivity contribution in [2.45, 2.75) is 20.0 Å². The molecule has 0 radical (unpaired) electrons. The van der Waals surface area contributed by atoms with E-state index in [1.165, 1.54) is 16.2 Å². The zero-order chi connectivity index (χ0) is 21.0. The van der Waals surface area contributed by atoms with Crippen LogP contribution in [0.2, 0.25) is 0 Å². The first-order chi connectivity index (χ1) is 13.9. The molecule has 3 aromatic rings. The van der Waals surface area contributed by atoms with Crippen molar-refractivity contribution in [3.63, 3.8) is 0 Å². The van der Waals surface area contributed by atoms with Crippen LogP contribution in [-0.2, 0) is 13.1 Å². The molecule has 0 aliphatic carbocycles. The average Bonchev–Trinajstić information content (AvgIpc) is 2.72. The minimum atomic E-state index is -0.170. The van der Waals surface area contributed by atoms with Crippen LogP contribution in [0.4, 0.5) is 5.69 Å². The normalized spacial score (nSPS) is 12.0. The highest BCUT2D eigenvalue weighted by Gasteiger charge is 2.15. The Kier molecular flexibility index (Phi) is 6.39. The summed E-state index contributed by atoms with van der Waals surface area (Å²) in [5.74, 6) is 1.74. The van der Waals surface area contributed by atoms with E-state index in [9.17, 15) is 4.79 Å². The predicted octanol–water partition coefficient (Wildman–Crippen LogP) is 1.61. The fourth-order valence-corrected chi connectivity index (χ4v) is 3.35. The first-order valence-electron chi connectivity index (χ1n) is 9.70. The van der Waals surface area contributed by atoms with Gasteiger partial charge >= 0.3 is 0 Å². The molecule has 2 aromatic carbocycles. The lowest BCUT2D eigenvalue weighted by Gasteiger charge is -2.18. The molecule has 0 saturated heterocycles. The number of aromatic amines is 1. The van der Waals surface area contributed by atoms with E-state index in [1.807, 2.05) is 14.1 Å². The summed E-state index contributed by atoms with van der Waals surface area (Å²) in [5.41, 5.74) is 2.86. The van der Waals surface area contributed by atoms with Crippen molar-refractivity contribution in [1.29, 1.82) is 0 Å². The number of nitrogens with one attached hydrogen (secondary N) is 2. The number of methoxy groups -OCH3 is 2. The minimum absolute atomic E-state index is 0.170. The van der Waals surface area contributed by atoms with Gasteiger partial charge in [0.2, 0.25) is 0 Å². The fraction of sp³-hybridized carbons (Fsp3) is 0.364. The molecule has 0 fully saturated rings. The van der Waals surface area contributed by atoms with Gasteiger partial charge in [-0.3, -0.25) is 4.79 Å². The van der Waals surface area contributed by atoms with Gasteiger partial charge in [-0.05, 0) is 25.1 Å². The zero-order valence-corrected chi connectivity index (χ0v) is 17.7. The van der Waals surface area contributed by atoms with Gasteiger partial charge in [0.05, 0.1) is 31.7 Å². The van der Waals surface area contributed by atoms with Gasteiger partial charge in [-0.1, -0.05) is 12.1 Å². The van der Waals surface area contributed by atoms with Crippen LogP contribution in [0.5, 0.6) is 11.5 Å². The Hall–Kier alpha value is -3.06. The maximum absolute atomic E-state index is 12.6. The van der Waals surface area contributed by atoms with Gasteiger partial charge in [0.1, 0.15) is 13.1 Å². The topological polar surface area (TPSA) is 71.9 Å². The Morgan fingerprint density at radius 1 is 1.03 bits per heavy atom. The molecule has 0 spiro atoms. The molecule has 1 heterocycles. The number of aromatic nitrogens is 2. The van der Waals surface area contributed by atoms with E-state index in [4.69, 9.17) is 9.47 Å². The molecule has 1 unspecified atom stereocenters. The molecule has 2 N–H and O–H groups in total. The number of benzene rings is 2. The quantitative estimate of drug-likeness (QED) is 0.604. The second-order valence-electron chi connectivity index (χ2n) is 7.25. The second kappa shape index (κ2) is 8.96. The molecule has 154 valence electrons. The first-order valence-corrected chi connectivity index (χ1v) is 9.70. The molecule has 7 heteroatoms. The Balaban J connectivity index is 1.84. The number of quaternary nitrogens is 1. The van der Waals surface area contributed by atoms with Crippen molar-refractivity contribution in [3.05, 3.63) is 58.1 Å². The van der Waals surface area contributed by atoms with Gasteiger partial charge in [0.15, 0.2) is 17.3 Å². The molecule has 1 aromatic heterocycles. The van der Waals surface area contributed by atoms with Crippen molar-refractivity contribution in [2.24, 2.45) is 0 Å². The largest absolute Gasteiger partial charge is 0.493 e. The highest BCUT2D eigenvalue weighted by atomic mass is 16.5. The maximum atomic E-state index is 12.6. The third-order valence-corrected chi connectivity index (χ3v) is 5.08. The summed E-state index contributed by atoms with van der Waals surface area (Å²) >= 11 is 0. The number of anilines is 1. The van der Waals surface area contributed by atoms with E-state index in [0.29, 0.717) is 34.8 Å². The Bertz CT molecular complexity index is 1030. The average molecular weight is 397 g/mol. The van der Waals surface area contributed by atoms with E-state index in [0.717, 1.165) is 13.1 Å². The van der Waals surface area contributed by atoms with Crippen molar-refractivity contribution >= 4 is 16.6 Å². The minimum Gasteiger partial charge on any atom is -0.493 e. The number of nitrogens with zero attached hydrogens (tertiary/aromatic N) is 2. The smallest absolute Gasteiger partial charge is 0.259 e. The molecule has 1 atom stereocenters. The Morgan fingerprint density at radius 2 is 1.69 bits per heavy atom. The second-order valence-corrected chi connectivity index (χ2v) is 7.25. The number of hydrogen-bond donors (Lipinski definition) is 2. The van der Waals surface area contributed by atoms with Crippen molar-refractivity contribution in [3.8, 4) is 11.5 Å². The summed E-state index contributed by atoms with van der Waals surface area (Å²) in [6.07, 6.45) is 0. The predicted molar refractivity (Wildman–Crippen MR) is 115 cm³/mol. The van der Waals surface area contributed by atoms with Gasteiger partial charge in [-0.25, -0.2) is 4.98 Å². The summed E-state index contributed by atoms with van der Waals surface area (Å²) in [5, 5.41) is 0.490. The maximum Gasteiger partial charge on any atom is 0.259 e. The molecular weight excluding hydrogens is 368 g/mol. The summed E-state index contributed by atoms with van der Waals surface area (Å²) in [6.45, 7) is 4.54. The monoisotopic (exact) mass is 397 g/mol. The highest BCUT2D eigenvalue weighted by Crippen LogP contribution is 2.29. The highest BCUT2D eigenvalue weighted by molar-refractivity contribution is 5.81. The number of ether oxygens (including phenoxy) is 2. The van der Waals surface area contributed by atoms with Gasteiger partial charge < -0.3 is 24.3 Å². The lowest BCUT2D eigenvalue weighted by molar-refractivity contribution is -0.926. The molecular formula is C22H29N4O3+. The summed E-state index contributed by atoms with van der Waals surface area (Å²) in [6, 6.07) is 12.0. The molecule has 7 nitrogen and oxygen atoms in total. The van der Waals surface area contributed by atoms with Crippen LogP contribution in [-0.4, -0.2) is 44.8 Å². The standard InChI is InChI=1S/C22H28N4O3/c1-6-26(13-15-7-9-16(10-8-15)25(2)3)14-21-23-18-12-20(29-5)19(28-4)11-17(18)22(27)24-21/h7-12H,6,13-14H2,1-5H3,(H,23,24,27)/p+1. The number of rotatable bonds is 8. The van der Waals surface area contributed by atoms with E-state index >= 15 is 0 Å². The van der Waals surface area contributed by atoms with Crippen LogP contribution in [0, 0.1) is 0 Å². The molecule has 0 saturated carbocycles. The van der Waals surface area contributed by atoms with E-state index in [2.05, 4.69) is 46.1 Å². The van der Waals surface area contributed by atoms with Gasteiger partial charge in [-0.15, -0.1) is 0 Å². The number of hydrogen-bond acceptors (Lipinski definition) is 5. The summed E-state index contributed by atoms with van der Waals surface area (Å²) < 4.78 is 10.6. The molecule has 0 aliphatic heterocycles. The summed E-state index contributed by atoms with van der Waals surface area (Å²) in [4.78, 5) is 23.6. The van der Waals surface area contributed by atoms with Crippen molar-refractivity contribution < 1.29 is 14.4 Å². The first kappa shape index (κ1) is 20.7. The lowest BCUT2D eigenvalue weighted by Crippen LogP contribution is -3.09. The van der Waals surface area contributed by atoms with Crippen molar-refractivity contribution in [1.82, 2.24) is 9.97 Å². The van der Waals surface area contributed by atoms with Gasteiger partial charge in [-0.2, -0.15) is 0 Å². The zero-order valence-electron chi connectivity index (χ0n) is 17.7. The molecule has 0 bridgehead atoms. The fourth-order valence-electron chi connectivity index (χ4n) is 3.35. The van der Waals surface area contributed by atoms with E-state index in [1.54, 1.807) is 26.4 Å². The molecule has 29 heavy (non-hydrogen) atoms. The van der Waals surface area contributed by atoms with Gasteiger partial charge in [0, 0.05) is 31.4 Å². The Morgan fingerprint density at radius 3 is 2.28 bits per heavy atom. The van der Waals surface area contributed by atoms with Crippen LogP contribution in [0.15, 0.2) is 41.2 Å². The van der Waals surface area contributed by atoms with Crippen LogP contribution in [0.1, 0.15) is 18.3 Å². The molecule has 0 aliphatic rings. The third-order valence-electron chi connectivity index (χ3n) is 5.08. The van der Waals surface area contributed by atoms with Gasteiger partial charge in [0.25, 0.3) is 5.56 Å². The summed E-state index contributed by atoms with van der Waals surface area (Å²) in [7, 11) is 7.19. The van der Waals surface area contributed by atoms with Crippen LogP contribution in [0.3, 0.4) is 0 Å². The van der Waals surface area contributed by atoms with Crippen LogP contribution in [0.25, 0.3) is 10.9 Å². The Labute approximate surface area is 170 Å². The third kappa shape index (κ3) is 4.68. The van der Waals surface area contributed by atoms with E-state index < -0.39 is 0 Å². The van der Waals surface area contributed by atoms with E-state index in [-0.39, 0.29) is 5.56 Å². The number of fused-ring (bicyclic) bond motifs is 1. The van der Waals surface area contributed by atoms with Crippen LogP contribution < -0.4 is 24.8 Å². The lowest BCUT2D eigenvalue weighted by atomic mass is 10.2. The van der Waals surface area contributed by atoms with Crippen LogP contribution >= 0.6 is 0 Å².